The maximum absolute atomic E-state index is 12.5. The molecule has 0 saturated carbocycles. The van der Waals surface area contributed by atoms with Gasteiger partial charge in [0, 0.05) is 6.07 Å². The van der Waals surface area contributed by atoms with Gasteiger partial charge in [-0.15, -0.1) is 0 Å². The predicted molar refractivity (Wildman–Crippen MR) is 84.2 cm³/mol. The summed E-state index contributed by atoms with van der Waals surface area (Å²) in [6.45, 7) is 0. The van der Waals surface area contributed by atoms with E-state index >= 15 is 0 Å². The van der Waals surface area contributed by atoms with Gasteiger partial charge in [-0.2, -0.15) is 0 Å². The summed E-state index contributed by atoms with van der Waals surface area (Å²) in [5.41, 5.74) is -0.572. The van der Waals surface area contributed by atoms with Crippen molar-refractivity contribution in [2.45, 2.75) is 0 Å². The van der Waals surface area contributed by atoms with Gasteiger partial charge in [0.2, 0.25) is 0 Å². The Morgan fingerprint density at radius 2 is 1.80 bits per heavy atom. The number of methoxy groups -OCH3 is 1. The fourth-order valence-corrected chi connectivity index (χ4v) is 2.57. The van der Waals surface area contributed by atoms with Gasteiger partial charge in [-0.05, 0) is 30.3 Å². The average Bonchev–Trinajstić information content (AvgIpc) is 2.84. The molecule has 0 unspecified atom stereocenters. The molecule has 0 bridgehead atoms. The molecule has 2 amide bonds. The summed E-state index contributed by atoms with van der Waals surface area (Å²) >= 11 is 0. The van der Waals surface area contributed by atoms with Gasteiger partial charge < -0.3 is 9.84 Å². The SMILES string of the molecule is COc1ccc(N2C(=O)c3ccc(C(=O)O)cc3C2=O)cc1[N+](=O)[O-]. The van der Waals surface area contributed by atoms with Crippen molar-refractivity contribution >= 4 is 29.2 Å². The standard InChI is InChI=1S/C16H10N2O7/c1-25-13-5-3-9(7-12(13)18(23)24)17-14(19)10-4-2-8(16(21)22)6-11(10)15(17)20/h2-7H,1H3,(H,21,22). The zero-order valence-electron chi connectivity index (χ0n) is 12.8. The Hall–Kier alpha value is -3.75. The summed E-state index contributed by atoms with van der Waals surface area (Å²) < 4.78 is 4.89. The van der Waals surface area contributed by atoms with E-state index in [1.165, 1.54) is 31.4 Å². The lowest BCUT2D eigenvalue weighted by atomic mass is 10.1. The van der Waals surface area contributed by atoms with E-state index in [1.54, 1.807) is 0 Å². The smallest absolute Gasteiger partial charge is 0.335 e. The van der Waals surface area contributed by atoms with E-state index in [1.807, 2.05) is 0 Å². The molecule has 2 aromatic carbocycles. The molecule has 0 radical (unpaired) electrons. The Bertz CT molecular complexity index is 951. The first-order valence-electron chi connectivity index (χ1n) is 6.93. The van der Waals surface area contributed by atoms with Gasteiger partial charge in [-0.3, -0.25) is 19.7 Å². The lowest BCUT2D eigenvalue weighted by Crippen LogP contribution is -2.29. The average molecular weight is 342 g/mol. The largest absolute Gasteiger partial charge is 0.490 e. The van der Waals surface area contributed by atoms with Crippen LogP contribution in [0.25, 0.3) is 0 Å². The monoisotopic (exact) mass is 342 g/mol. The van der Waals surface area contributed by atoms with Crippen LogP contribution in [0.4, 0.5) is 11.4 Å². The molecular weight excluding hydrogens is 332 g/mol. The molecule has 9 nitrogen and oxygen atoms in total. The second kappa shape index (κ2) is 5.71. The Morgan fingerprint density at radius 3 is 2.40 bits per heavy atom. The number of benzene rings is 2. The molecule has 126 valence electrons. The number of aromatic carboxylic acids is 1. The second-order valence-electron chi connectivity index (χ2n) is 5.12. The number of carboxylic acids is 1. The molecule has 1 aliphatic heterocycles. The summed E-state index contributed by atoms with van der Waals surface area (Å²) in [7, 11) is 1.26. The van der Waals surface area contributed by atoms with Crippen LogP contribution in [0.2, 0.25) is 0 Å². The van der Waals surface area contributed by atoms with Crippen molar-refractivity contribution in [2.24, 2.45) is 0 Å². The van der Waals surface area contributed by atoms with Gasteiger partial charge >= 0.3 is 11.7 Å². The van der Waals surface area contributed by atoms with Crippen molar-refractivity contribution in [1.29, 1.82) is 0 Å². The van der Waals surface area contributed by atoms with Crippen LogP contribution in [-0.2, 0) is 0 Å². The number of nitrogens with zero attached hydrogens (tertiary/aromatic N) is 2. The molecule has 3 rings (SSSR count). The maximum atomic E-state index is 12.5. The Morgan fingerprint density at radius 1 is 1.12 bits per heavy atom. The quantitative estimate of drug-likeness (QED) is 0.512. The van der Waals surface area contributed by atoms with E-state index < -0.39 is 28.4 Å². The number of ether oxygens (including phenoxy) is 1. The first kappa shape index (κ1) is 16.1. The highest BCUT2D eigenvalue weighted by Gasteiger charge is 2.38. The molecule has 1 N–H and O–H groups in total. The number of rotatable bonds is 4. The summed E-state index contributed by atoms with van der Waals surface area (Å²) in [4.78, 5) is 47.2. The number of carboxylic acid groups (broad SMARTS) is 1. The van der Waals surface area contributed by atoms with Gasteiger partial charge in [0.25, 0.3) is 11.8 Å². The highest BCUT2D eigenvalue weighted by molar-refractivity contribution is 6.34. The molecule has 1 heterocycles. The van der Waals surface area contributed by atoms with Crippen molar-refractivity contribution < 1.29 is 29.2 Å². The van der Waals surface area contributed by atoms with Crippen molar-refractivity contribution in [1.82, 2.24) is 0 Å². The molecular formula is C16H10N2O7. The molecule has 9 heteroatoms. The molecule has 0 aliphatic carbocycles. The van der Waals surface area contributed by atoms with Crippen LogP contribution < -0.4 is 9.64 Å². The number of hydrogen-bond donors (Lipinski definition) is 1. The van der Waals surface area contributed by atoms with Gasteiger partial charge in [-0.25, -0.2) is 9.69 Å². The van der Waals surface area contributed by atoms with Gasteiger partial charge in [0.1, 0.15) is 0 Å². The molecule has 0 atom stereocenters. The third kappa shape index (κ3) is 2.47. The number of fused-ring (bicyclic) bond motifs is 1. The minimum absolute atomic E-state index is 0.00410. The molecule has 2 aromatic rings. The molecule has 0 spiro atoms. The number of nitro groups is 1. The van der Waals surface area contributed by atoms with Crippen molar-refractivity contribution in [2.75, 3.05) is 12.0 Å². The van der Waals surface area contributed by atoms with Crippen molar-refractivity contribution in [3.05, 3.63) is 63.2 Å². The van der Waals surface area contributed by atoms with E-state index in [0.717, 1.165) is 17.0 Å². The zero-order valence-corrected chi connectivity index (χ0v) is 12.8. The van der Waals surface area contributed by atoms with E-state index in [4.69, 9.17) is 9.84 Å². The minimum atomic E-state index is -1.23. The van der Waals surface area contributed by atoms with E-state index in [-0.39, 0.29) is 28.1 Å². The maximum Gasteiger partial charge on any atom is 0.335 e. The fraction of sp³-hybridized carbons (Fsp3) is 0.0625. The zero-order chi connectivity index (χ0) is 18.3. The number of amides is 2. The van der Waals surface area contributed by atoms with Gasteiger partial charge in [-0.1, -0.05) is 0 Å². The summed E-state index contributed by atoms with van der Waals surface area (Å²) in [6.07, 6.45) is 0. The molecule has 25 heavy (non-hydrogen) atoms. The predicted octanol–water partition coefficient (Wildman–Crippen LogP) is 2.10. The van der Waals surface area contributed by atoms with Crippen LogP contribution >= 0.6 is 0 Å². The lowest BCUT2D eigenvalue weighted by molar-refractivity contribution is -0.385. The number of carbonyl (C=O) groups is 3. The normalized spacial score (nSPS) is 12.9. The minimum Gasteiger partial charge on any atom is -0.490 e. The van der Waals surface area contributed by atoms with Gasteiger partial charge in [0.15, 0.2) is 5.75 Å². The van der Waals surface area contributed by atoms with Crippen LogP contribution in [0.15, 0.2) is 36.4 Å². The first-order valence-corrected chi connectivity index (χ1v) is 6.93. The Kier molecular flexibility index (Phi) is 3.68. The van der Waals surface area contributed by atoms with Gasteiger partial charge in [0.05, 0.1) is 34.4 Å². The number of hydrogen-bond acceptors (Lipinski definition) is 6. The Balaban J connectivity index is 2.09. The van der Waals surface area contributed by atoms with Crippen molar-refractivity contribution in [3.63, 3.8) is 0 Å². The fourth-order valence-electron chi connectivity index (χ4n) is 2.57. The third-order valence-corrected chi connectivity index (χ3v) is 3.75. The number of anilines is 1. The van der Waals surface area contributed by atoms with Crippen LogP contribution in [0.5, 0.6) is 5.75 Å². The van der Waals surface area contributed by atoms with E-state index in [9.17, 15) is 24.5 Å². The third-order valence-electron chi connectivity index (χ3n) is 3.75. The molecule has 1 aliphatic rings. The highest BCUT2D eigenvalue weighted by atomic mass is 16.6. The number of nitro benzene ring substituents is 1. The van der Waals surface area contributed by atoms with Crippen LogP contribution in [0.1, 0.15) is 31.1 Å². The highest BCUT2D eigenvalue weighted by Crippen LogP contribution is 2.35. The molecule has 0 aromatic heterocycles. The second-order valence-corrected chi connectivity index (χ2v) is 5.12. The van der Waals surface area contributed by atoms with Crippen molar-refractivity contribution in [3.8, 4) is 5.75 Å². The van der Waals surface area contributed by atoms with Crippen LogP contribution in [-0.4, -0.2) is 34.9 Å². The molecule has 0 saturated heterocycles. The summed E-state index contributed by atoms with van der Waals surface area (Å²) in [5, 5.41) is 20.1. The lowest BCUT2D eigenvalue weighted by Gasteiger charge is -2.14. The number of imide groups is 1. The molecule has 0 fully saturated rings. The Labute approximate surface area is 140 Å². The van der Waals surface area contributed by atoms with E-state index in [2.05, 4.69) is 0 Å². The number of carbonyl (C=O) groups excluding carboxylic acids is 2. The summed E-state index contributed by atoms with van der Waals surface area (Å²) in [6, 6.07) is 7.24. The first-order chi connectivity index (χ1) is 11.8. The van der Waals surface area contributed by atoms with Crippen LogP contribution in [0, 0.1) is 10.1 Å². The van der Waals surface area contributed by atoms with Crippen LogP contribution in [0.3, 0.4) is 0 Å². The summed E-state index contributed by atoms with van der Waals surface area (Å²) in [5.74, 6) is -2.68. The topological polar surface area (TPSA) is 127 Å². The van der Waals surface area contributed by atoms with E-state index in [0.29, 0.717) is 0 Å².